The molecule has 1 aromatic heterocycles. The summed E-state index contributed by atoms with van der Waals surface area (Å²) < 4.78 is 19.5. The number of thiocarbonyl (C=S) groups is 1. The second-order valence-electron chi connectivity index (χ2n) is 6.89. The number of amides is 1. The van der Waals surface area contributed by atoms with E-state index in [4.69, 9.17) is 16.6 Å². The van der Waals surface area contributed by atoms with Crippen LogP contribution >= 0.6 is 12.2 Å². The molecule has 0 spiro atoms. The molecule has 156 valence electrons. The van der Waals surface area contributed by atoms with Crippen molar-refractivity contribution in [3.8, 4) is 0 Å². The lowest BCUT2D eigenvalue weighted by atomic mass is 10.2. The summed E-state index contributed by atoms with van der Waals surface area (Å²) in [6.07, 6.45) is 0.706. The van der Waals surface area contributed by atoms with Gasteiger partial charge in [-0.2, -0.15) is 0 Å². The molecule has 5 nitrogen and oxygen atoms in total. The number of nitrogens with one attached hydrogen (secondary N) is 3. The molecule has 0 saturated heterocycles. The Labute approximate surface area is 184 Å². The number of hydrogen-bond donors (Lipinski definition) is 3. The quantitative estimate of drug-likeness (QED) is 0.358. The molecule has 7 heteroatoms. The lowest BCUT2D eigenvalue weighted by molar-refractivity contribution is 0.102. The highest BCUT2D eigenvalue weighted by Crippen LogP contribution is 2.19. The molecule has 0 saturated carbocycles. The number of hydrogen-bond acceptors (Lipinski definition) is 3. The van der Waals surface area contributed by atoms with Crippen LogP contribution in [0.3, 0.4) is 0 Å². The van der Waals surface area contributed by atoms with Crippen LogP contribution < -0.4 is 16.0 Å². The third-order valence-corrected chi connectivity index (χ3v) is 4.90. The second kappa shape index (κ2) is 9.40. The Balaban J connectivity index is 1.26. The van der Waals surface area contributed by atoms with E-state index >= 15 is 0 Å². The highest BCUT2D eigenvalue weighted by atomic mass is 32.1. The van der Waals surface area contributed by atoms with Crippen LogP contribution in [0.2, 0.25) is 0 Å². The van der Waals surface area contributed by atoms with E-state index in [0.29, 0.717) is 23.8 Å². The lowest BCUT2D eigenvalue weighted by Crippen LogP contribution is -2.30. The maximum absolute atomic E-state index is 13.7. The molecule has 0 aliphatic heterocycles. The monoisotopic (exact) mass is 433 g/mol. The average molecular weight is 434 g/mol. The van der Waals surface area contributed by atoms with E-state index in [9.17, 15) is 9.18 Å². The van der Waals surface area contributed by atoms with Gasteiger partial charge in [0, 0.05) is 29.7 Å². The van der Waals surface area contributed by atoms with E-state index in [0.717, 1.165) is 22.4 Å². The van der Waals surface area contributed by atoms with Crippen molar-refractivity contribution in [1.29, 1.82) is 0 Å². The van der Waals surface area contributed by atoms with E-state index in [2.05, 4.69) is 16.0 Å². The summed E-state index contributed by atoms with van der Waals surface area (Å²) in [5.41, 5.74) is 2.20. The van der Waals surface area contributed by atoms with Gasteiger partial charge in [0.1, 0.15) is 17.2 Å². The summed E-state index contributed by atoms with van der Waals surface area (Å²) in [7, 11) is 0. The first-order chi connectivity index (χ1) is 15.1. The second-order valence-corrected chi connectivity index (χ2v) is 7.30. The molecule has 31 heavy (non-hydrogen) atoms. The van der Waals surface area contributed by atoms with Gasteiger partial charge in [-0.15, -0.1) is 0 Å². The molecule has 0 aliphatic carbocycles. The first kappa shape index (κ1) is 20.6. The normalized spacial score (nSPS) is 10.6. The van der Waals surface area contributed by atoms with E-state index < -0.39 is 11.7 Å². The Bertz CT molecular complexity index is 1190. The van der Waals surface area contributed by atoms with Crippen LogP contribution in [-0.2, 0) is 6.42 Å². The van der Waals surface area contributed by atoms with Gasteiger partial charge in [0.2, 0.25) is 0 Å². The summed E-state index contributed by atoms with van der Waals surface area (Å²) in [5, 5.41) is 10.5. The minimum Gasteiger partial charge on any atom is -0.461 e. The third kappa shape index (κ3) is 5.26. The van der Waals surface area contributed by atoms with Gasteiger partial charge in [0.05, 0.1) is 5.56 Å². The largest absolute Gasteiger partial charge is 0.461 e. The lowest BCUT2D eigenvalue weighted by Gasteiger charge is -2.11. The Kier molecular flexibility index (Phi) is 6.24. The zero-order valence-corrected chi connectivity index (χ0v) is 17.3. The van der Waals surface area contributed by atoms with Gasteiger partial charge in [0.25, 0.3) is 5.91 Å². The number of furan rings is 1. The molecule has 0 fully saturated rings. The van der Waals surface area contributed by atoms with Gasteiger partial charge < -0.3 is 20.4 Å². The number of carbonyl (C=O) groups excluding carboxylic acids is 1. The van der Waals surface area contributed by atoms with Crippen molar-refractivity contribution in [2.75, 3.05) is 17.2 Å². The van der Waals surface area contributed by atoms with E-state index in [1.54, 1.807) is 36.4 Å². The van der Waals surface area contributed by atoms with Crippen LogP contribution in [0.1, 0.15) is 16.1 Å². The highest BCUT2D eigenvalue weighted by Gasteiger charge is 2.11. The van der Waals surface area contributed by atoms with Gasteiger partial charge in [-0.1, -0.05) is 30.3 Å². The number of halogens is 1. The van der Waals surface area contributed by atoms with Crippen LogP contribution in [0, 0.1) is 5.82 Å². The van der Waals surface area contributed by atoms with Gasteiger partial charge in [-0.05, 0) is 60.7 Å². The topological polar surface area (TPSA) is 66.3 Å². The van der Waals surface area contributed by atoms with Gasteiger partial charge in [-0.25, -0.2) is 4.39 Å². The summed E-state index contributed by atoms with van der Waals surface area (Å²) in [6, 6.07) is 22.8. The smallest absolute Gasteiger partial charge is 0.258 e. The first-order valence-electron chi connectivity index (χ1n) is 9.77. The number of fused-ring (bicyclic) bond motifs is 1. The SMILES string of the molecule is O=C(Nc1ccc(NC(=S)NCCc2cc3ccccc3o2)cc1)c1ccccc1F. The van der Waals surface area contributed by atoms with Crippen molar-refractivity contribution < 1.29 is 13.6 Å². The number of benzene rings is 3. The molecule has 1 amide bonds. The van der Waals surface area contributed by atoms with E-state index in [1.165, 1.54) is 12.1 Å². The van der Waals surface area contributed by atoms with Crippen molar-refractivity contribution in [1.82, 2.24) is 5.32 Å². The van der Waals surface area contributed by atoms with Gasteiger partial charge >= 0.3 is 0 Å². The predicted octanol–water partition coefficient (Wildman–Crippen LogP) is 5.35. The third-order valence-electron chi connectivity index (χ3n) is 4.65. The molecular weight excluding hydrogens is 413 g/mol. The van der Waals surface area contributed by atoms with Crippen molar-refractivity contribution in [2.45, 2.75) is 6.42 Å². The molecule has 0 atom stereocenters. The van der Waals surface area contributed by atoms with E-state index in [1.807, 2.05) is 30.3 Å². The van der Waals surface area contributed by atoms with Crippen LogP contribution in [-0.4, -0.2) is 17.6 Å². The fraction of sp³-hybridized carbons (Fsp3) is 0.0833. The predicted molar refractivity (Wildman–Crippen MR) is 125 cm³/mol. The van der Waals surface area contributed by atoms with Gasteiger partial charge in [-0.3, -0.25) is 4.79 Å². The molecule has 4 aromatic rings. The first-order valence-corrected chi connectivity index (χ1v) is 10.2. The van der Waals surface area contributed by atoms with Crippen LogP contribution in [0.5, 0.6) is 0 Å². The number of carbonyl (C=O) groups is 1. The van der Waals surface area contributed by atoms with Crippen LogP contribution in [0.25, 0.3) is 11.0 Å². The van der Waals surface area contributed by atoms with Crippen molar-refractivity contribution >= 4 is 45.6 Å². The van der Waals surface area contributed by atoms with Crippen molar-refractivity contribution in [2.24, 2.45) is 0 Å². The Morgan fingerprint density at radius 1 is 0.903 bits per heavy atom. The van der Waals surface area contributed by atoms with Crippen molar-refractivity contribution in [3.63, 3.8) is 0 Å². The zero-order chi connectivity index (χ0) is 21.6. The molecule has 1 heterocycles. The number of para-hydroxylation sites is 1. The number of anilines is 2. The summed E-state index contributed by atoms with van der Waals surface area (Å²) in [5.74, 6) is -0.162. The molecule has 0 aliphatic rings. The maximum atomic E-state index is 13.7. The van der Waals surface area contributed by atoms with Gasteiger partial charge in [0.15, 0.2) is 5.11 Å². The molecule has 4 rings (SSSR count). The Morgan fingerprint density at radius 2 is 1.58 bits per heavy atom. The molecule has 3 N–H and O–H groups in total. The maximum Gasteiger partial charge on any atom is 0.258 e. The molecular formula is C24H20FN3O2S. The molecule has 0 bridgehead atoms. The number of rotatable bonds is 6. The van der Waals surface area contributed by atoms with Crippen LogP contribution in [0.4, 0.5) is 15.8 Å². The minimum atomic E-state index is -0.558. The van der Waals surface area contributed by atoms with Crippen molar-refractivity contribution in [3.05, 3.63) is 96.0 Å². The molecule has 3 aromatic carbocycles. The van der Waals surface area contributed by atoms with E-state index in [-0.39, 0.29) is 5.56 Å². The summed E-state index contributed by atoms with van der Waals surface area (Å²) >= 11 is 5.33. The minimum absolute atomic E-state index is 0.000433. The van der Waals surface area contributed by atoms with Crippen LogP contribution in [0.15, 0.2) is 83.3 Å². The average Bonchev–Trinajstić information content (AvgIpc) is 3.18. The Hall–Kier alpha value is -3.71. The molecule has 0 radical (unpaired) electrons. The Morgan fingerprint density at radius 3 is 2.32 bits per heavy atom. The fourth-order valence-electron chi connectivity index (χ4n) is 3.12. The summed E-state index contributed by atoms with van der Waals surface area (Å²) in [4.78, 5) is 12.2. The fourth-order valence-corrected chi connectivity index (χ4v) is 3.34. The highest BCUT2D eigenvalue weighted by molar-refractivity contribution is 7.80. The zero-order valence-electron chi connectivity index (χ0n) is 16.5. The molecule has 0 unspecified atom stereocenters. The summed E-state index contributed by atoms with van der Waals surface area (Å²) in [6.45, 7) is 0.627. The standard InChI is InChI=1S/C24H20FN3O2S/c25-21-7-3-2-6-20(21)23(29)27-17-9-11-18(12-10-17)28-24(31)26-14-13-19-15-16-5-1-4-8-22(16)30-19/h1-12,15H,13-14H2,(H,27,29)(H2,26,28,31).